The minimum absolute atomic E-state index is 0.0420. The van der Waals surface area contributed by atoms with Gasteiger partial charge >= 0.3 is 0 Å². The zero-order chi connectivity index (χ0) is 20.6. The Bertz CT molecular complexity index is 1140. The molecule has 28 heavy (non-hydrogen) atoms. The Morgan fingerprint density at radius 2 is 1.79 bits per heavy atom. The van der Waals surface area contributed by atoms with Crippen LogP contribution in [0.3, 0.4) is 0 Å². The Morgan fingerprint density at radius 1 is 1.11 bits per heavy atom. The molecule has 144 valence electrons. The summed E-state index contributed by atoms with van der Waals surface area (Å²) in [6.45, 7) is -0.653. The molecule has 0 saturated carbocycles. The fraction of sp³-hybridized carbons (Fsp3) is 0.0625. The van der Waals surface area contributed by atoms with Gasteiger partial charge in [-0.25, -0.2) is 13.6 Å². The van der Waals surface area contributed by atoms with Crippen molar-refractivity contribution in [3.05, 3.63) is 63.7 Å². The molecule has 0 fully saturated rings. The summed E-state index contributed by atoms with van der Waals surface area (Å²) in [5, 5.41) is 18.2. The predicted molar refractivity (Wildman–Crippen MR) is 94.9 cm³/mol. The van der Waals surface area contributed by atoms with E-state index >= 15 is 0 Å². The highest BCUT2D eigenvalue weighted by Gasteiger charge is 2.37. The van der Waals surface area contributed by atoms with Gasteiger partial charge in [-0.3, -0.25) is 29.4 Å². The molecule has 1 aliphatic rings. The number of anilines is 1. The molecule has 12 heteroatoms. The van der Waals surface area contributed by atoms with Crippen LogP contribution in [0.15, 0.2) is 47.4 Å². The van der Waals surface area contributed by atoms with Crippen molar-refractivity contribution in [3.8, 4) is 0 Å². The molecule has 2 aromatic rings. The fourth-order valence-corrected chi connectivity index (χ4v) is 3.19. The van der Waals surface area contributed by atoms with Crippen molar-refractivity contribution >= 4 is 39.1 Å². The van der Waals surface area contributed by atoms with Crippen LogP contribution in [0.2, 0.25) is 0 Å². The van der Waals surface area contributed by atoms with Gasteiger partial charge in [0.2, 0.25) is 15.9 Å². The summed E-state index contributed by atoms with van der Waals surface area (Å²) in [5.41, 5.74) is -0.461. The molecule has 3 amide bonds. The number of nitrogens with zero attached hydrogens (tertiary/aromatic N) is 2. The van der Waals surface area contributed by atoms with Gasteiger partial charge in [-0.1, -0.05) is 6.07 Å². The number of fused-ring (bicyclic) bond motifs is 1. The first kappa shape index (κ1) is 19.1. The standard InChI is InChI=1S/C16H12N4O7S/c17-28(26,27)11-3-1-2-9(6-11)18-14(21)8-19-15(22)12-5-4-10(20(24)25)7-13(12)16(19)23/h1-7H,8H2,(H,18,21)(H2,17,26,27). The van der Waals surface area contributed by atoms with E-state index in [9.17, 15) is 32.9 Å². The Morgan fingerprint density at radius 3 is 2.43 bits per heavy atom. The molecule has 1 heterocycles. The molecule has 0 atom stereocenters. The topological polar surface area (TPSA) is 170 Å². The molecule has 11 nitrogen and oxygen atoms in total. The number of nitro groups is 1. The molecular weight excluding hydrogens is 392 g/mol. The molecule has 0 saturated heterocycles. The van der Waals surface area contributed by atoms with Crippen LogP contribution in [0.25, 0.3) is 0 Å². The Hall–Kier alpha value is -3.64. The van der Waals surface area contributed by atoms with E-state index in [-0.39, 0.29) is 27.4 Å². The van der Waals surface area contributed by atoms with E-state index in [1.807, 2.05) is 0 Å². The van der Waals surface area contributed by atoms with Crippen LogP contribution in [0.1, 0.15) is 20.7 Å². The number of carbonyl (C=O) groups excluding carboxylic acids is 3. The number of nitrogens with two attached hydrogens (primary N) is 1. The number of hydrogen-bond acceptors (Lipinski definition) is 7. The molecule has 0 bridgehead atoms. The van der Waals surface area contributed by atoms with Crippen molar-refractivity contribution in [1.82, 2.24) is 4.90 Å². The number of rotatable bonds is 5. The van der Waals surface area contributed by atoms with E-state index in [1.165, 1.54) is 18.2 Å². The quantitative estimate of drug-likeness (QED) is 0.414. The van der Waals surface area contributed by atoms with Gasteiger partial charge in [-0.15, -0.1) is 0 Å². The molecule has 1 aliphatic heterocycles. The molecule has 0 aromatic heterocycles. The zero-order valence-electron chi connectivity index (χ0n) is 14.0. The lowest BCUT2D eigenvalue weighted by Gasteiger charge is -2.13. The Kier molecular flexibility index (Phi) is 4.66. The first-order valence-electron chi connectivity index (χ1n) is 7.65. The monoisotopic (exact) mass is 404 g/mol. The Balaban J connectivity index is 1.77. The van der Waals surface area contributed by atoms with Crippen LogP contribution in [-0.2, 0) is 14.8 Å². The first-order chi connectivity index (χ1) is 13.1. The van der Waals surface area contributed by atoms with E-state index in [2.05, 4.69) is 5.32 Å². The molecule has 0 unspecified atom stereocenters. The largest absolute Gasteiger partial charge is 0.324 e. The van der Waals surface area contributed by atoms with Crippen molar-refractivity contribution in [2.75, 3.05) is 11.9 Å². The van der Waals surface area contributed by atoms with Crippen LogP contribution in [0.4, 0.5) is 11.4 Å². The average molecular weight is 404 g/mol. The van der Waals surface area contributed by atoms with Crippen molar-refractivity contribution < 1.29 is 27.7 Å². The summed E-state index contributed by atoms with van der Waals surface area (Å²) in [5.74, 6) is -2.36. The van der Waals surface area contributed by atoms with E-state index < -0.39 is 39.2 Å². The summed E-state index contributed by atoms with van der Waals surface area (Å²) in [4.78, 5) is 47.4. The van der Waals surface area contributed by atoms with E-state index in [0.29, 0.717) is 4.90 Å². The minimum atomic E-state index is -3.97. The summed E-state index contributed by atoms with van der Waals surface area (Å²) in [7, 11) is -3.97. The SMILES string of the molecule is NS(=O)(=O)c1cccc(NC(=O)CN2C(=O)c3ccc([N+](=O)[O-])cc3C2=O)c1. The molecular formula is C16H12N4O7S. The second kappa shape index (κ2) is 6.83. The second-order valence-electron chi connectivity index (χ2n) is 5.80. The molecule has 3 N–H and O–H groups in total. The van der Waals surface area contributed by atoms with Gasteiger partial charge in [-0.2, -0.15) is 0 Å². The van der Waals surface area contributed by atoms with Gasteiger partial charge in [0.1, 0.15) is 6.54 Å². The van der Waals surface area contributed by atoms with E-state index in [0.717, 1.165) is 24.3 Å². The highest BCUT2D eigenvalue weighted by atomic mass is 32.2. The second-order valence-corrected chi connectivity index (χ2v) is 7.37. The predicted octanol–water partition coefficient (Wildman–Crippen LogP) is 0.477. The molecule has 3 rings (SSSR count). The maximum absolute atomic E-state index is 12.4. The van der Waals surface area contributed by atoms with Crippen molar-refractivity contribution in [2.24, 2.45) is 5.14 Å². The number of amides is 3. The molecule has 2 aromatic carbocycles. The number of primary sulfonamides is 1. The van der Waals surface area contributed by atoms with Crippen LogP contribution in [0.5, 0.6) is 0 Å². The number of imide groups is 1. The van der Waals surface area contributed by atoms with Gasteiger partial charge in [0, 0.05) is 17.8 Å². The van der Waals surface area contributed by atoms with Gasteiger partial charge in [0.05, 0.1) is 20.9 Å². The van der Waals surface area contributed by atoms with Gasteiger partial charge < -0.3 is 5.32 Å². The average Bonchev–Trinajstić information content (AvgIpc) is 2.85. The zero-order valence-corrected chi connectivity index (χ0v) is 14.8. The number of sulfonamides is 1. The summed E-state index contributed by atoms with van der Waals surface area (Å²) in [6, 6.07) is 8.34. The lowest BCUT2D eigenvalue weighted by molar-refractivity contribution is -0.384. The maximum atomic E-state index is 12.4. The third kappa shape index (κ3) is 3.58. The summed E-state index contributed by atoms with van der Waals surface area (Å²) in [6.07, 6.45) is 0. The van der Waals surface area contributed by atoms with Crippen LogP contribution in [0, 0.1) is 10.1 Å². The van der Waals surface area contributed by atoms with Gasteiger partial charge in [0.25, 0.3) is 17.5 Å². The number of nitrogens with one attached hydrogen (secondary N) is 1. The lowest BCUT2D eigenvalue weighted by atomic mass is 10.1. The minimum Gasteiger partial charge on any atom is -0.324 e. The third-order valence-electron chi connectivity index (χ3n) is 3.91. The molecule has 0 aliphatic carbocycles. The fourth-order valence-electron chi connectivity index (χ4n) is 2.63. The smallest absolute Gasteiger partial charge is 0.270 e. The maximum Gasteiger partial charge on any atom is 0.270 e. The van der Waals surface area contributed by atoms with Gasteiger partial charge in [0.15, 0.2) is 0 Å². The van der Waals surface area contributed by atoms with Crippen LogP contribution < -0.4 is 10.5 Å². The number of nitro benzene ring substituents is 1. The van der Waals surface area contributed by atoms with Crippen molar-refractivity contribution in [3.63, 3.8) is 0 Å². The normalized spacial score (nSPS) is 13.4. The number of hydrogen-bond donors (Lipinski definition) is 2. The van der Waals surface area contributed by atoms with E-state index in [1.54, 1.807) is 0 Å². The molecule has 0 radical (unpaired) electrons. The van der Waals surface area contributed by atoms with E-state index in [4.69, 9.17) is 5.14 Å². The summed E-state index contributed by atoms with van der Waals surface area (Å²) >= 11 is 0. The highest BCUT2D eigenvalue weighted by molar-refractivity contribution is 7.89. The van der Waals surface area contributed by atoms with Crippen LogP contribution in [-0.4, -0.2) is 42.5 Å². The summed E-state index contributed by atoms with van der Waals surface area (Å²) < 4.78 is 22.7. The number of benzene rings is 2. The van der Waals surface area contributed by atoms with Crippen molar-refractivity contribution in [1.29, 1.82) is 0 Å². The lowest BCUT2D eigenvalue weighted by Crippen LogP contribution is -2.37. The van der Waals surface area contributed by atoms with Crippen molar-refractivity contribution in [2.45, 2.75) is 4.90 Å². The Labute approximate surface area is 157 Å². The van der Waals surface area contributed by atoms with Crippen LogP contribution >= 0.6 is 0 Å². The first-order valence-corrected chi connectivity index (χ1v) is 9.20. The third-order valence-corrected chi connectivity index (χ3v) is 4.82. The molecule has 0 spiro atoms. The van der Waals surface area contributed by atoms with Gasteiger partial charge in [-0.05, 0) is 24.3 Å². The number of carbonyl (C=O) groups is 3. The number of non-ortho nitro benzene ring substituents is 1. The highest BCUT2D eigenvalue weighted by Crippen LogP contribution is 2.26.